The van der Waals surface area contributed by atoms with Gasteiger partial charge in [0.15, 0.2) is 0 Å². The Morgan fingerprint density at radius 1 is 0.453 bits per heavy atom. The molecule has 2 aliphatic heterocycles. The van der Waals surface area contributed by atoms with Crippen LogP contribution < -0.4 is 0 Å². The average molecular weight is 944 g/mol. The normalized spacial score (nSPS) is 15.2. The number of thiazole rings is 2. The van der Waals surface area contributed by atoms with Gasteiger partial charge in [-0.2, -0.15) is 0 Å². The largest absolute Gasteiger partial charge is 0.306 e. The predicted octanol–water partition coefficient (Wildman–Crippen LogP) is 17.2. The van der Waals surface area contributed by atoms with Crippen molar-refractivity contribution in [2.45, 2.75) is 196 Å². The fraction of sp³-hybridized carbons (Fsp3) is 0.630. The summed E-state index contributed by atoms with van der Waals surface area (Å²) in [5.41, 5.74) is 2.99. The fourth-order valence-corrected chi connectivity index (χ4v) is 13.5. The van der Waals surface area contributed by atoms with Crippen molar-refractivity contribution in [1.82, 2.24) is 19.8 Å². The van der Waals surface area contributed by atoms with E-state index in [2.05, 4.69) is 73.7 Å². The Kier molecular flexibility index (Phi) is 20.8. The van der Waals surface area contributed by atoms with Gasteiger partial charge in [0.2, 0.25) is 0 Å². The van der Waals surface area contributed by atoms with Gasteiger partial charge in [0.1, 0.15) is 5.01 Å². The Bertz CT molecular complexity index is 2120. The third kappa shape index (κ3) is 13.6. The third-order valence-corrected chi connectivity index (χ3v) is 17.7. The van der Waals surface area contributed by atoms with Crippen LogP contribution in [-0.2, 0) is 9.59 Å². The maximum absolute atomic E-state index is 15.5. The van der Waals surface area contributed by atoms with E-state index in [9.17, 15) is 0 Å². The van der Waals surface area contributed by atoms with Crippen LogP contribution in [-0.4, -0.2) is 44.7 Å². The molecule has 4 aromatic heterocycles. The second-order valence-corrected chi connectivity index (χ2v) is 23.3. The summed E-state index contributed by atoms with van der Waals surface area (Å²) in [5.74, 6) is 0.833. The summed E-state index contributed by atoms with van der Waals surface area (Å²) in [6.07, 6.45) is 33.4. The van der Waals surface area contributed by atoms with Crippen molar-refractivity contribution in [1.29, 1.82) is 0 Å². The molecule has 0 radical (unpaired) electrons. The van der Waals surface area contributed by atoms with E-state index in [0.717, 1.165) is 71.5 Å². The molecular formula is C54H78N4O2S4. The molecule has 0 N–H and O–H groups in total. The monoisotopic (exact) mass is 943 g/mol. The lowest BCUT2D eigenvalue weighted by Gasteiger charge is -2.29. The SMILES string of the molecule is CCCCCCCCC(CCCCCC)CN1C(=O)C2=C(c3ccc(-c4cnc(-c5cnc(C)s5)s4)s3)N(CC(CCCCCC)CCCCCCCC)C(=O)C2=C1c1ccc(C)s1. The van der Waals surface area contributed by atoms with E-state index in [4.69, 9.17) is 4.98 Å². The van der Waals surface area contributed by atoms with Crippen molar-refractivity contribution < 1.29 is 9.59 Å². The fourth-order valence-electron chi connectivity index (χ4n) is 9.70. The standard InChI is InChI=1S/C54H78N4O2S4/c1-7-11-15-19-21-25-29-41(27-23-17-13-9-3)37-57-50(44-32-31-39(5)61-44)48-49(54(57)60)51(45-34-33-43(63-45)46-35-56-52(64-46)47-36-55-40(6)62-47)58(53(48)59)38-42(28-24-18-14-10-4)30-26-22-20-16-12-8-2/h31-36,41-42H,7-30,37-38H2,1-6H3. The third-order valence-electron chi connectivity index (χ3n) is 13.3. The molecule has 4 aromatic rings. The van der Waals surface area contributed by atoms with Gasteiger partial charge in [0, 0.05) is 35.2 Å². The number of aromatic nitrogens is 2. The molecule has 0 fully saturated rings. The van der Waals surface area contributed by atoms with Crippen LogP contribution >= 0.6 is 45.3 Å². The first kappa shape index (κ1) is 50.5. The molecule has 6 heterocycles. The molecule has 10 heteroatoms. The van der Waals surface area contributed by atoms with Gasteiger partial charge in [-0.3, -0.25) is 9.59 Å². The van der Waals surface area contributed by atoms with Crippen LogP contribution in [0.5, 0.6) is 0 Å². The Morgan fingerprint density at radius 3 is 1.33 bits per heavy atom. The number of unbranched alkanes of at least 4 members (excludes halogenated alkanes) is 16. The van der Waals surface area contributed by atoms with Crippen LogP contribution in [0.3, 0.4) is 0 Å². The number of thiophene rings is 2. The Hall–Kier alpha value is -2.92. The van der Waals surface area contributed by atoms with Gasteiger partial charge in [-0.25, -0.2) is 9.97 Å². The number of hydrogen-bond donors (Lipinski definition) is 0. The highest BCUT2D eigenvalue weighted by atomic mass is 32.1. The van der Waals surface area contributed by atoms with Gasteiger partial charge in [-0.05, 0) is 75.6 Å². The molecular weight excluding hydrogens is 865 g/mol. The predicted molar refractivity (Wildman–Crippen MR) is 278 cm³/mol. The molecule has 2 atom stereocenters. The molecule has 2 unspecified atom stereocenters. The number of fused-ring (bicyclic) bond motifs is 1. The van der Waals surface area contributed by atoms with Gasteiger partial charge >= 0.3 is 0 Å². The summed E-state index contributed by atoms with van der Waals surface area (Å²) < 4.78 is 0. The first-order valence-electron chi connectivity index (χ1n) is 25.5. The van der Waals surface area contributed by atoms with E-state index in [1.165, 1.54) is 133 Å². The van der Waals surface area contributed by atoms with Gasteiger partial charge in [-0.15, -0.1) is 45.3 Å². The number of carbonyl (C=O) groups excluding carboxylic acids is 2. The number of aryl methyl sites for hydroxylation is 2. The second kappa shape index (κ2) is 26.4. The molecule has 0 spiro atoms. The minimum atomic E-state index is 0.0226. The number of carbonyl (C=O) groups is 2. The van der Waals surface area contributed by atoms with E-state index < -0.39 is 0 Å². The molecule has 0 saturated heterocycles. The van der Waals surface area contributed by atoms with Crippen molar-refractivity contribution in [2.75, 3.05) is 13.1 Å². The van der Waals surface area contributed by atoms with E-state index in [1.807, 2.05) is 19.3 Å². The second-order valence-electron chi connectivity index (χ2n) is 18.7. The smallest absolute Gasteiger partial charge is 0.261 e. The van der Waals surface area contributed by atoms with Gasteiger partial charge in [0.05, 0.1) is 47.1 Å². The highest BCUT2D eigenvalue weighted by Crippen LogP contribution is 2.50. The topological polar surface area (TPSA) is 66.4 Å². The van der Waals surface area contributed by atoms with E-state index in [-0.39, 0.29) is 11.8 Å². The van der Waals surface area contributed by atoms with Gasteiger partial charge in [-0.1, -0.05) is 156 Å². The van der Waals surface area contributed by atoms with Crippen molar-refractivity contribution >= 4 is 68.6 Å². The summed E-state index contributed by atoms with van der Waals surface area (Å²) in [6, 6.07) is 8.67. The molecule has 0 saturated carbocycles. The van der Waals surface area contributed by atoms with Gasteiger partial charge < -0.3 is 9.80 Å². The highest BCUT2D eigenvalue weighted by Gasteiger charge is 2.50. The zero-order valence-electron chi connectivity index (χ0n) is 40.2. The van der Waals surface area contributed by atoms with Crippen LogP contribution in [0.15, 0.2) is 47.8 Å². The first-order chi connectivity index (χ1) is 31.3. The molecule has 6 rings (SSSR count). The summed E-state index contributed by atoms with van der Waals surface area (Å²) in [5, 5.41) is 2.01. The van der Waals surface area contributed by atoms with Gasteiger partial charge in [0.25, 0.3) is 11.8 Å². The molecule has 2 aliphatic rings. The minimum Gasteiger partial charge on any atom is -0.306 e. The molecule has 350 valence electrons. The Morgan fingerprint density at radius 2 is 0.875 bits per heavy atom. The number of amides is 2. The van der Waals surface area contributed by atoms with Crippen LogP contribution in [0.2, 0.25) is 0 Å². The minimum absolute atomic E-state index is 0.0226. The maximum Gasteiger partial charge on any atom is 0.261 e. The zero-order valence-corrected chi connectivity index (χ0v) is 43.5. The Balaban J connectivity index is 1.38. The van der Waals surface area contributed by atoms with Crippen LogP contribution in [0.1, 0.15) is 201 Å². The molecule has 0 aliphatic carbocycles. The van der Waals surface area contributed by atoms with Crippen molar-refractivity contribution in [3.05, 3.63) is 67.4 Å². The summed E-state index contributed by atoms with van der Waals surface area (Å²) in [7, 11) is 0. The molecule has 6 nitrogen and oxygen atoms in total. The quantitative estimate of drug-likeness (QED) is 0.0458. The zero-order chi connectivity index (χ0) is 45.3. The molecule has 0 aromatic carbocycles. The Labute approximate surface area is 403 Å². The molecule has 64 heavy (non-hydrogen) atoms. The maximum atomic E-state index is 15.5. The van der Waals surface area contributed by atoms with Crippen molar-refractivity contribution in [3.8, 4) is 19.6 Å². The number of hydrogen-bond acceptors (Lipinski definition) is 8. The first-order valence-corrected chi connectivity index (χ1v) is 28.7. The van der Waals surface area contributed by atoms with Crippen molar-refractivity contribution in [2.24, 2.45) is 11.8 Å². The lowest BCUT2D eigenvalue weighted by atomic mass is 9.93. The van der Waals surface area contributed by atoms with Crippen LogP contribution in [0.25, 0.3) is 31.0 Å². The van der Waals surface area contributed by atoms with E-state index >= 15 is 9.59 Å². The lowest BCUT2D eigenvalue weighted by Crippen LogP contribution is -2.34. The van der Waals surface area contributed by atoms with E-state index in [0.29, 0.717) is 36.1 Å². The number of rotatable bonds is 32. The number of nitrogens with zero attached hydrogens (tertiary/aromatic N) is 4. The van der Waals surface area contributed by atoms with Crippen LogP contribution in [0, 0.1) is 25.7 Å². The summed E-state index contributed by atoms with van der Waals surface area (Å²) >= 11 is 6.78. The average Bonchev–Trinajstić information content (AvgIpc) is 4.16. The highest BCUT2D eigenvalue weighted by molar-refractivity contribution is 7.26. The lowest BCUT2D eigenvalue weighted by molar-refractivity contribution is -0.124. The summed E-state index contributed by atoms with van der Waals surface area (Å²) in [6.45, 7) is 14.6. The van der Waals surface area contributed by atoms with Crippen LogP contribution in [0.4, 0.5) is 0 Å². The molecule has 2 amide bonds. The van der Waals surface area contributed by atoms with Crippen molar-refractivity contribution in [3.63, 3.8) is 0 Å². The summed E-state index contributed by atoms with van der Waals surface area (Å²) in [4.78, 5) is 51.0. The molecule has 0 bridgehead atoms. The van der Waals surface area contributed by atoms with E-state index in [1.54, 1.807) is 45.3 Å².